The van der Waals surface area contributed by atoms with Gasteiger partial charge in [-0.05, 0) is 60.1 Å². The second-order valence-corrected chi connectivity index (χ2v) is 8.85. The summed E-state index contributed by atoms with van der Waals surface area (Å²) in [7, 11) is 0. The molecule has 0 aliphatic rings. The van der Waals surface area contributed by atoms with Gasteiger partial charge in [0.15, 0.2) is 3.95 Å². The second-order valence-electron chi connectivity index (χ2n) is 7.20. The number of nitrogens with zero attached hydrogens (tertiary/aromatic N) is 2. The van der Waals surface area contributed by atoms with Crippen molar-refractivity contribution in [3.05, 3.63) is 104 Å². The summed E-state index contributed by atoms with van der Waals surface area (Å²) in [6.45, 7) is 2.44. The van der Waals surface area contributed by atoms with Crippen LogP contribution in [0.25, 0.3) is 27.0 Å². The molecule has 5 rings (SSSR count). The summed E-state index contributed by atoms with van der Waals surface area (Å²) in [5, 5.41) is 0.610. The summed E-state index contributed by atoms with van der Waals surface area (Å²) in [5.41, 5.74) is 4.25. The number of rotatable bonds is 3. The number of benzene rings is 3. The van der Waals surface area contributed by atoms with Crippen LogP contribution in [-0.2, 0) is 6.54 Å². The zero-order chi connectivity index (χ0) is 20.8. The lowest BCUT2D eigenvalue weighted by atomic mass is 10.1. The molecular weight excluding hydrogens is 415 g/mol. The van der Waals surface area contributed by atoms with Gasteiger partial charge in [0.1, 0.15) is 11.5 Å². The zero-order valence-corrected chi connectivity index (χ0v) is 17.8. The Morgan fingerprint density at radius 2 is 1.77 bits per heavy atom. The van der Waals surface area contributed by atoms with Gasteiger partial charge in [-0.2, -0.15) is 0 Å². The maximum atomic E-state index is 14.0. The van der Waals surface area contributed by atoms with Crippen molar-refractivity contribution in [2.45, 2.75) is 13.5 Å². The van der Waals surface area contributed by atoms with Crippen LogP contribution in [-0.4, -0.2) is 8.97 Å². The van der Waals surface area contributed by atoms with Gasteiger partial charge in [0, 0.05) is 0 Å². The van der Waals surface area contributed by atoms with E-state index in [1.54, 1.807) is 10.6 Å². The Balaban J connectivity index is 1.93. The Bertz CT molecular complexity index is 1540. The standard InChI is InChI=1S/C24H17FN2OS2/c1-15-7-2-3-8-17(15)14-26-22-21(16-9-6-10-18(25)13-16)30-24(29)27(22)20-12-5-4-11-19(20)23(26)28/h2-13H,14H2,1H3. The van der Waals surface area contributed by atoms with Gasteiger partial charge in [-0.15, -0.1) is 11.3 Å². The Kier molecular flexibility index (Phi) is 4.60. The average Bonchev–Trinajstić information content (AvgIpc) is 3.10. The molecule has 3 aromatic carbocycles. The summed E-state index contributed by atoms with van der Waals surface area (Å²) in [6.07, 6.45) is 0. The Morgan fingerprint density at radius 1 is 1.00 bits per heavy atom. The summed E-state index contributed by atoms with van der Waals surface area (Å²) in [5.74, 6) is -0.321. The molecule has 0 amide bonds. The van der Waals surface area contributed by atoms with E-state index in [1.165, 1.54) is 23.5 Å². The van der Waals surface area contributed by atoms with Crippen molar-refractivity contribution in [3.8, 4) is 10.4 Å². The molecule has 0 unspecified atom stereocenters. The fourth-order valence-corrected chi connectivity index (χ4v) is 5.26. The molecule has 0 fully saturated rings. The van der Waals surface area contributed by atoms with Gasteiger partial charge in [0.05, 0.1) is 22.3 Å². The molecule has 148 valence electrons. The highest BCUT2D eigenvalue weighted by atomic mass is 32.1. The Morgan fingerprint density at radius 3 is 2.57 bits per heavy atom. The number of para-hydroxylation sites is 1. The largest absolute Gasteiger partial charge is 0.288 e. The molecule has 0 bridgehead atoms. The Labute approximate surface area is 181 Å². The molecule has 0 atom stereocenters. The quantitative estimate of drug-likeness (QED) is 0.317. The molecular formula is C24H17FN2OS2. The van der Waals surface area contributed by atoms with E-state index < -0.39 is 0 Å². The van der Waals surface area contributed by atoms with Crippen LogP contribution in [0.1, 0.15) is 11.1 Å². The van der Waals surface area contributed by atoms with Crippen LogP contribution in [0.2, 0.25) is 0 Å². The fraction of sp³-hybridized carbons (Fsp3) is 0.0833. The summed E-state index contributed by atoms with van der Waals surface area (Å²) in [6, 6.07) is 21.9. The van der Waals surface area contributed by atoms with E-state index in [0.717, 1.165) is 21.5 Å². The minimum Gasteiger partial charge on any atom is -0.288 e. The lowest BCUT2D eigenvalue weighted by Gasteiger charge is -2.14. The van der Waals surface area contributed by atoms with E-state index in [1.807, 2.05) is 65.9 Å². The zero-order valence-electron chi connectivity index (χ0n) is 16.1. The topological polar surface area (TPSA) is 26.4 Å². The monoisotopic (exact) mass is 432 g/mol. The molecule has 0 radical (unpaired) electrons. The van der Waals surface area contributed by atoms with Crippen LogP contribution >= 0.6 is 23.6 Å². The molecule has 0 saturated heterocycles. The lowest BCUT2D eigenvalue weighted by molar-refractivity contribution is 0.628. The van der Waals surface area contributed by atoms with Crippen LogP contribution in [0.4, 0.5) is 4.39 Å². The van der Waals surface area contributed by atoms with Crippen molar-refractivity contribution >= 4 is 40.1 Å². The van der Waals surface area contributed by atoms with Crippen molar-refractivity contribution in [3.63, 3.8) is 0 Å². The van der Waals surface area contributed by atoms with E-state index in [2.05, 4.69) is 0 Å². The number of hydrogen-bond donors (Lipinski definition) is 0. The van der Waals surface area contributed by atoms with E-state index in [0.29, 0.717) is 27.1 Å². The third-order valence-corrected chi connectivity index (χ3v) is 6.75. The highest BCUT2D eigenvalue weighted by molar-refractivity contribution is 7.73. The van der Waals surface area contributed by atoms with E-state index in [4.69, 9.17) is 12.2 Å². The van der Waals surface area contributed by atoms with Crippen molar-refractivity contribution in [2.75, 3.05) is 0 Å². The minimum atomic E-state index is -0.321. The van der Waals surface area contributed by atoms with E-state index in [-0.39, 0.29) is 11.4 Å². The molecule has 2 aromatic heterocycles. The predicted octanol–water partition coefficient (Wildman–Crippen LogP) is 6.21. The van der Waals surface area contributed by atoms with Crippen molar-refractivity contribution in [2.24, 2.45) is 0 Å². The maximum absolute atomic E-state index is 14.0. The molecule has 0 N–H and O–H groups in total. The van der Waals surface area contributed by atoms with Crippen molar-refractivity contribution < 1.29 is 4.39 Å². The smallest absolute Gasteiger partial charge is 0.261 e. The summed E-state index contributed by atoms with van der Waals surface area (Å²) < 4.78 is 18.3. The van der Waals surface area contributed by atoms with E-state index in [9.17, 15) is 9.18 Å². The van der Waals surface area contributed by atoms with Crippen LogP contribution in [0.5, 0.6) is 0 Å². The SMILES string of the molecule is Cc1ccccc1Cn1c(=O)c2ccccc2n2c(=S)sc(-c3cccc(F)c3)c12. The van der Waals surface area contributed by atoms with Crippen LogP contribution in [0.3, 0.4) is 0 Å². The lowest BCUT2D eigenvalue weighted by Crippen LogP contribution is -2.24. The van der Waals surface area contributed by atoms with Gasteiger partial charge in [0.2, 0.25) is 0 Å². The van der Waals surface area contributed by atoms with Gasteiger partial charge < -0.3 is 0 Å². The van der Waals surface area contributed by atoms with Gasteiger partial charge in [0.25, 0.3) is 5.56 Å². The maximum Gasteiger partial charge on any atom is 0.261 e. The molecule has 0 saturated carbocycles. The van der Waals surface area contributed by atoms with Crippen LogP contribution in [0, 0.1) is 16.7 Å². The molecule has 5 aromatic rings. The number of thiazole rings is 1. The van der Waals surface area contributed by atoms with Gasteiger partial charge >= 0.3 is 0 Å². The molecule has 30 heavy (non-hydrogen) atoms. The second kappa shape index (κ2) is 7.31. The first-order valence-electron chi connectivity index (χ1n) is 9.52. The number of aryl methyl sites for hydroxylation is 1. The number of halogens is 1. The summed E-state index contributed by atoms with van der Waals surface area (Å²) >= 11 is 7.09. The number of hydrogen-bond acceptors (Lipinski definition) is 3. The highest BCUT2D eigenvalue weighted by Crippen LogP contribution is 2.33. The third-order valence-electron chi connectivity index (χ3n) is 5.34. The molecule has 0 aliphatic carbocycles. The van der Waals surface area contributed by atoms with Gasteiger partial charge in [-0.3, -0.25) is 13.8 Å². The predicted molar refractivity (Wildman–Crippen MR) is 124 cm³/mol. The first kappa shape index (κ1) is 18.9. The van der Waals surface area contributed by atoms with Gasteiger partial charge in [-0.25, -0.2) is 4.39 Å². The molecule has 0 spiro atoms. The molecule has 0 aliphatic heterocycles. The normalized spacial score (nSPS) is 11.4. The van der Waals surface area contributed by atoms with Crippen LogP contribution < -0.4 is 5.56 Å². The molecule has 2 heterocycles. The van der Waals surface area contributed by atoms with Crippen molar-refractivity contribution in [1.82, 2.24) is 8.97 Å². The molecule has 3 nitrogen and oxygen atoms in total. The average molecular weight is 433 g/mol. The molecule has 6 heteroatoms. The third kappa shape index (κ3) is 3.00. The highest BCUT2D eigenvalue weighted by Gasteiger charge is 2.19. The summed E-state index contributed by atoms with van der Waals surface area (Å²) in [4.78, 5) is 14.4. The Hall–Kier alpha value is -3.09. The number of fused-ring (bicyclic) bond motifs is 3. The first-order valence-corrected chi connectivity index (χ1v) is 10.7. The fourth-order valence-electron chi connectivity index (χ4n) is 3.84. The van der Waals surface area contributed by atoms with Crippen LogP contribution in [0.15, 0.2) is 77.6 Å². The number of aromatic nitrogens is 2. The van der Waals surface area contributed by atoms with E-state index >= 15 is 0 Å². The minimum absolute atomic E-state index is 0.0840. The van der Waals surface area contributed by atoms with Crippen molar-refractivity contribution in [1.29, 1.82) is 0 Å². The van der Waals surface area contributed by atoms with Gasteiger partial charge in [-0.1, -0.05) is 48.5 Å². The first-order chi connectivity index (χ1) is 14.5.